The van der Waals surface area contributed by atoms with Gasteiger partial charge in [0.2, 0.25) is 0 Å². The summed E-state index contributed by atoms with van der Waals surface area (Å²) in [6.45, 7) is 9.58. The number of hydrogen-bond acceptors (Lipinski definition) is 0. The van der Waals surface area contributed by atoms with Crippen molar-refractivity contribution in [3.63, 3.8) is 0 Å². The van der Waals surface area contributed by atoms with Crippen molar-refractivity contribution in [1.29, 1.82) is 0 Å². The first kappa shape index (κ1) is 11.5. The number of benzene rings is 1. The molecule has 0 fully saturated rings. The molecule has 0 aliphatic rings. The van der Waals surface area contributed by atoms with Gasteiger partial charge < -0.3 is 0 Å². The van der Waals surface area contributed by atoms with Crippen molar-refractivity contribution >= 4 is 13.3 Å². The van der Waals surface area contributed by atoms with E-state index in [1.165, 1.54) is 12.5 Å². The third kappa shape index (κ3) is 3.30. The van der Waals surface area contributed by atoms with Crippen molar-refractivity contribution in [2.24, 2.45) is 5.92 Å². The molecule has 0 aliphatic heterocycles. The van der Waals surface area contributed by atoms with E-state index in [2.05, 4.69) is 57.3 Å². The van der Waals surface area contributed by atoms with Gasteiger partial charge in [-0.15, -0.1) is 0 Å². The number of rotatable bonds is 4. The zero-order chi connectivity index (χ0) is 10.6. The van der Waals surface area contributed by atoms with E-state index >= 15 is 0 Å². The minimum absolute atomic E-state index is 0.838. The third-order valence-electron chi connectivity index (χ3n) is 2.90. The fraction of sp³-hybridized carbons (Fsp3) is 0.538. The summed E-state index contributed by atoms with van der Waals surface area (Å²) < 4.78 is 0. The van der Waals surface area contributed by atoms with Gasteiger partial charge in [0, 0.05) is 0 Å². The predicted molar refractivity (Wildman–Crippen MR) is 67.8 cm³/mol. The van der Waals surface area contributed by atoms with Crippen LogP contribution in [0.1, 0.15) is 20.3 Å². The predicted octanol–water partition coefficient (Wildman–Crippen LogP) is 3.65. The molecule has 1 rings (SSSR count). The molecule has 0 atom stereocenters. The molecular weight excluding hydrogens is 184 g/mol. The normalized spacial score (nSPS) is 12.1. The maximum atomic E-state index is 2.48. The van der Waals surface area contributed by atoms with Crippen LogP contribution in [-0.2, 0) is 0 Å². The molecule has 0 unspecified atom stereocenters. The van der Waals surface area contributed by atoms with Gasteiger partial charge in [0.1, 0.15) is 0 Å². The number of hydrogen-bond donors (Lipinski definition) is 0. The maximum Gasteiger partial charge on any atom is 0.0806 e. The molecule has 1 aromatic carbocycles. The summed E-state index contributed by atoms with van der Waals surface area (Å²) in [5.41, 5.74) is 0. The Labute approximate surface area is 89.4 Å². The second-order valence-corrected chi connectivity index (χ2v) is 10.0. The fourth-order valence-corrected chi connectivity index (χ4v) is 4.37. The Morgan fingerprint density at radius 2 is 1.64 bits per heavy atom. The highest BCUT2D eigenvalue weighted by Gasteiger charge is 2.22. The van der Waals surface area contributed by atoms with Crippen LogP contribution in [0, 0.1) is 5.92 Å². The van der Waals surface area contributed by atoms with E-state index in [0.29, 0.717) is 0 Å². The van der Waals surface area contributed by atoms with Crippen LogP contribution in [0.2, 0.25) is 19.1 Å². The Hall–Kier alpha value is -0.563. The largest absolute Gasteiger partial charge is 0.0806 e. The van der Waals surface area contributed by atoms with Crippen molar-refractivity contribution in [2.75, 3.05) is 0 Å². The molecule has 0 heterocycles. The topological polar surface area (TPSA) is 0 Å². The molecule has 0 bridgehead atoms. The summed E-state index contributed by atoms with van der Waals surface area (Å²) in [7, 11) is -1.14. The van der Waals surface area contributed by atoms with Crippen LogP contribution >= 0.6 is 0 Å². The SMILES string of the molecule is CC(C)CC[Si](C)(C)c1ccccc1. The summed E-state index contributed by atoms with van der Waals surface area (Å²) in [4.78, 5) is 0. The fourth-order valence-electron chi connectivity index (χ4n) is 1.68. The van der Waals surface area contributed by atoms with Gasteiger partial charge in [-0.05, 0) is 5.92 Å². The molecule has 0 N–H and O–H groups in total. The van der Waals surface area contributed by atoms with E-state index in [9.17, 15) is 0 Å². The smallest absolute Gasteiger partial charge is 0.0654 e. The molecule has 0 aromatic heterocycles. The van der Waals surface area contributed by atoms with Crippen LogP contribution in [0.5, 0.6) is 0 Å². The Kier molecular flexibility index (Phi) is 3.94. The highest BCUT2D eigenvalue weighted by atomic mass is 28.3. The minimum atomic E-state index is -1.14. The molecule has 0 aliphatic carbocycles. The zero-order valence-corrected chi connectivity index (χ0v) is 10.9. The van der Waals surface area contributed by atoms with Gasteiger partial charge in [-0.1, -0.05) is 74.9 Å². The lowest BCUT2D eigenvalue weighted by Crippen LogP contribution is -2.41. The third-order valence-corrected chi connectivity index (χ3v) is 6.34. The van der Waals surface area contributed by atoms with Crippen molar-refractivity contribution in [1.82, 2.24) is 0 Å². The quantitative estimate of drug-likeness (QED) is 0.660. The molecule has 0 radical (unpaired) electrons. The highest BCUT2D eigenvalue weighted by molar-refractivity contribution is 6.89. The second-order valence-electron chi connectivity index (χ2n) is 5.18. The molecule has 1 heteroatoms. The lowest BCUT2D eigenvalue weighted by molar-refractivity contribution is 0.621. The summed E-state index contributed by atoms with van der Waals surface area (Å²) in [5, 5.41) is 1.60. The first-order chi connectivity index (χ1) is 6.52. The van der Waals surface area contributed by atoms with Crippen LogP contribution in [0.4, 0.5) is 0 Å². The van der Waals surface area contributed by atoms with Crippen LogP contribution in [0.25, 0.3) is 0 Å². The Morgan fingerprint density at radius 1 is 1.07 bits per heavy atom. The first-order valence-corrected chi connectivity index (χ1v) is 8.78. The van der Waals surface area contributed by atoms with Crippen LogP contribution in [-0.4, -0.2) is 8.07 Å². The van der Waals surface area contributed by atoms with Gasteiger partial charge in [0.15, 0.2) is 0 Å². The average molecular weight is 206 g/mol. The highest BCUT2D eigenvalue weighted by Crippen LogP contribution is 2.16. The van der Waals surface area contributed by atoms with E-state index in [0.717, 1.165) is 5.92 Å². The average Bonchev–Trinajstić information content (AvgIpc) is 2.16. The molecule has 0 nitrogen and oxygen atoms in total. The zero-order valence-electron chi connectivity index (χ0n) is 9.88. The Balaban J connectivity index is 2.66. The molecular formula is C13H22Si. The van der Waals surface area contributed by atoms with E-state index < -0.39 is 8.07 Å². The molecule has 0 saturated carbocycles. The second kappa shape index (κ2) is 4.79. The van der Waals surface area contributed by atoms with E-state index in [4.69, 9.17) is 0 Å². The van der Waals surface area contributed by atoms with Gasteiger partial charge in [-0.3, -0.25) is 0 Å². The lowest BCUT2D eigenvalue weighted by atomic mass is 10.2. The lowest BCUT2D eigenvalue weighted by Gasteiger charge is -2.23. The molecule has 0 spiro atoms. The van der Waals surface area contributed by atoms with Gasteiger partial charge in [0.25, 0.3) is 0 Å². The maximum absolute atomic E-state index is 2.48. The van der Waals surface area contributed by atoms with Crippen molar-refractivity contribution in [3.05, 3.63) is 30.3 Å². The van der Waals surface area contributed by atoms with Gasteiger partial charge in [0.05, 0.1) is 8.07 Å². The van der Waals surface area contributed by atoms with E-state index in [-0.39, 0.29) is 0 Å². The Morgan fingerprint density at radius 3 is 2.14 bits per heavy atom. The molecule has 78 valence electrons. The summed E-state index contributed by atoms with van der Waals surface area (Å²) in [5.74, 6) is 0.838. The molecule has 0 amide bonds. The Bertz CT molecular complexity index is 262. The van der Waals surface area contributed by atoms with Gasteiger partial charge >= 0.3 is 0 Å². The van der Waals surface area contributed by atoms with Crippen molar-refractivity contribution < 1.29 is 0 Å². The standard InChI is InChI=1S/C13H22Si/c1-12(2)10-11-14(3,4)13-8-6-5-7-9-13/h5-9,12H,10-11H2,1-4H3. The van der Waals surface area contributed by atoms with Gasteiger partial charge in [-0.2, -0.15) is 0 Å². The summed E-state index contributed by atoms with van der Waals surface area (Å²) in [6.07, 6.45) is 1.37. The van der Waals surface area contributed by atoms with Crippen LogP contribution < -0.4 is 5.19 Å². The van der Waals surface area contributed by atoms with Crippen LogP contribution in [0.3, 0.4) is 0 Å². The summed E-state index contributed by atoms with van der Waals surface area (Å²) in [6, 6.07) is 12.4. The minimum Gasteiger partial charge on any atom is -0.0654 e. The summed E-state index contributed by atoms with van der Waals surface area (Å²) >= 11 is 0. The van der Waals surface area contributed by atoms with Crippen molar-refractivity contribution in [2.45, 2.75) is 39.4 Å². The van der Waals surface area contributed by atoms with Crippen LogP contribution in [0.15, 0.2) is 30.3 Å². The van der Waals surface area contributed by atoms with E-state index in [1.54, 1.807) is 5.19 Å². The molecule has 0 saturated heterocycles. The van der Waals surface area contributed by atoms with Gasteiger partial charge in [-0.25, -0.2) is 0 Å². The first-order valence-electron chi connectivity index (χ1n) is 5.58. The monoisotopic (exact) mass is 206 g/mol. The van der Waals surface area contributed by atoms with Crippen molar-refractivity contribution in [3.8, 4) is 0 Å². The molecule has 14 heavy (non-hydrogen) atoms. The van der Waals surface area contributed by atoms with E-state index in [1.807, 2.05) is 0 Å². The molecule has 1 aromatic rings.